The Labute approximate surface area is 105 Å². The molecule has 0 saturated carbocycles. The second kappa shape index (κ2) is 6.15. The summed E-state index contributed by atoms with van der Waals surface area (Å²) in [6, 6.07) is 0. The first-order valence-electron chi connectivity index (χ1n) is 6.03. The normalized spacial score (nSPS) is 10.8. The van der Waals surface area contributed by atoms with Crippen LogP contribution in [-0.4, -0.2) is 45.0 Å². The molecule has 98 valence electrons. The largest absolute Gasteiger partial charge is 0.477 e. The maximum absolute atomic E-state index is 8.74. The second-order valence-electron chi connectivity index (χ2n) is 3.84. The van der Waals surface area contributed by atoms with Crippen LogP contribution in [0.1, 0.15) is 19.8 Å². The molecule has 2 heterocycles. The van der Waals surface area contributed by atoms with Crippen LogP contribution in [0.5, 0.6) is 5.88 Å². The Bertz CT molecular complexity index is 499. The fourth-order valence-electron chi connectivity index (χ4n) is 1.47. The molecule has 0 aliphatic heterocycles. The number of anilines is 1. The minimum Gasteiger partial charge on any atom is -0.477 e. The lowest BCUT2D eigenvalue weighted by molar-refractivity contribution is 0.231. The van der Waals surface area contributed by atoms with Gasteiger partial charge in [-0.15, -0.1) is 0 Å². The lowest BCUT2D eigenvalue weighted by Crippen LogP contribution is -2.07. The average molecular weight is 251 g/mol. The summed E-state index contributed by atoms with van der Waals surface area (Å²) in [6.45, 7) is 3.39. The van der Waals surface area contributed by atoms with Crippen LogP contribution in [0, 0.1) is 0 Å². The summed E-state index contributed by atoms with van der Waals surface area (Å²) in [7, 11) is 0. The van der Waals surface area contributed by atoms with Crippen molar-refractivity contribution in [2.24, 2.45) is 0 Å². The summed E-state index contributed by atoms with van der Waals surface area (Å²) in [4.78, 5) is 8.59. The number of hydrogen-bond acceptors (Lipinski definition) is 6. The number of aliphatic hydroxyl groups is 1. The van der Waals surface area contributed by atoms with Gasteiger partial charge in [0.2, 0.25) is 11.8 Å². The van der Waals surface area contributed by atoms with Crippen LogP contribution in [0.2, 0.25) is 0 Å². The molecule has 7 nitrogen and oxygen atoms in total. The summed E-state index contributed by atoms with van der Waals surface area (Å²) < 4.78 is 5.53. The predicted molar refractivity (Wildman–Crippen MR) is 67.7 cm³/mol. The van der Waals surface area contributed by atoms with Crippen molar-refractivity contribution in [2.45, 2.75) is 19.8 Å². The molecule has 0 aliphatic rings. The van der Waals surface area contributed by atoms with E-state index in [-0.39, 0.29) is 6.61 Å². The lowest BCUT2D eigenvalue weighted by Gasteiger charge is -2.08. The number of ether oxygens (including phenoxy) is 1. The van der Waals surface area contributed by atoms with Gasteiger partial charge in [0.25, 0.3) is 0 Å². The summed E-state index contributed by atoms with van der Waals surface area (Å²) in [5.41, 5.74) is 0.641. The zero-order valence-electron chi connectivity index (χ0n) is 10.3. The van der Waals surface area contributed by atoms with E-state index < -0.39 is 0 Å². The van der Waals surface area contributed by atoms with Crippen molar-refractivity contribution in [3.63, 3.8) is 0 Å². The molecule has 18 heavy (non-hydrogen) atoms. The highest BCUT2D eigenvalue weighted by Gasteiger charge is 2.10. The van der Waals surface area contributed by atoms with Gasteiger partial charge in [-0.05, 0) is 6.42 Å². The molecule has 2 aromatic rings. The zero-order valence-corrected chi connectivity index (χ0v) is 10.3. The third-order valence-electron chi connectivity index (χ3n) is 2.35. The van der Waals surface area contributed by atoms with E-state index in [1.165, 1.54) is 0 Å². The highest BCUT2D eigenvalue weighted by molar-refractivity contribution is 5.80. The molecule has 0 saturated heterocycles. The van der Waals surface area contributed by atoms with E-state index >= 15 is 0 Å². The Morgan fingerprint density at radius 1 is 1.44 bits per heavy atom. The number of nitrogens with one attached hydrogen (secondary N) is 2. The quantitative estimate of drug-likeness (QED) is 0.634. The van der Waals surface area contributed by atoms with Gasteiger partial charge in [-0.2, -0.15) is 15.1 Å². The zero-order chi connectivity index (χ0) is 12.8. The van der Waals surface area contributed by atoms with Crippen LogP contribution in [0.25, 0.3) is 11.0 Å². The van der Waals surface area contributed by atoms with E-state index in [9.17, 15) is 0 Å². The summed E-state index contributed by atoms with van der Waals surface area (Å²) in [5.74, 6) is 1.01. The van der Waals surface area contributed by atoms with Gasteiger partial charge >= 0.3 is 0 Å². The number of aliphatic hydroxyl groups excluding tert-OH is 1. The van der Waals surface area contributed by atoms with Crippen molar-refractivity contribution < 1.29 is 9.84 Å². The van der Waals surface area contributed by atoms with Gasteiger partial charge in [0.15, 0.2) is 5.65 Å². The van der Waals surface area contributed by atoms with Crippen molar-refractivity contribution >= 4 is 17.0 Å². The Balaban J connectivity index is 2.21. The summed E-state index contributed by atoms with van der Waals surface area (Å²) >= 11 is 0. The molecular formula is C11H17N5O2. The highest BCUT2D eigenvalue weighted by atomic mass is 16.5. The summed E-state index contributed by atoms with van der Waals surface area (Å²) in [6.07, 6.45) is 3.19. The number of rotatable bonds is 7. The standard InChI is InChI=1S/C11H17N5O2/c1-2-4-12-11-14-9-8(7-13-16-9)10(15-11)18-6-3-5-17/h7,17H,2-6H2,1H3,(H2,12,13,14,15,16). The van der Waals surface area contributed by atoms with E-state index in [0.29, 0.717) is 30.5 Å². The monoisotopic (exact) mass is 251 g/mol. The first-order valence-corrected chi connectivity index (χ1v) is 6.03. The molecule has 7 heteroatoms. The molecule has 2 aromatic heterocycles. The van der Waals surface area contributed by atoms with Gasteiger partial charge in [0.05, 0.1) is 12.8 Å². The molecule has 0 aliphatic carbocycles. The fraction of sp³-hybridized carbons (Fsp3) is 0.545. The van der Waals surface area contributed by atoms with E-state index in [4.69, 9.17) is 9.84 Å². The van der Waals surface area contributed by atoms with Crippen LogP contribution in [0.15, 0.2) is 6.20 Å². The van der Waals surface area contributed by atoms with Crippen molar-refractivity contribution in [1.82, 2.24) is 20.2 Å². The van der Waals surface area contributed by atoms with E-state index in [2.05, 4.69) is 32.4 Å². The van der Waals surface area contributed by atoms with Gasteiger partial charge in [0.1, 0.15) is 5.39 Å². The SMILES string of the molecule is CCCNc1nc(OCCCO)c2cn[nH]c2n1. The molecule has 2 rings (SSSR count). The molecule has 0 bridgehead atoms. The Morgan fingerprint density at radius 2 is 2.33 bits per heavy atom. The van der Waals surface area contributed by atoms with Crippen LogP contribution in [-0.2, 0) is 0 Å². The smallest absolute Gasteiger partial charge is 0.229 e. The molecule has 0 aromatic carbocycles. The Kier molecular flexibility index (Phi) is 4.30. The van der Waals surface area contributed by atoms with Crippen molar-refractivity contribution in [2.75, 3.05) is 25.1 Å². The fourth-order valence-corrected chi connectivity index (χ4v) is 1.47. The number of H-pyrrole nitrogens is 1. The van der Waals surface area contributed by atoms with Crippen molar-refractivity contribution in [3.8, 4) is 5.88 Å². The molecule has 0 atom stereocenters. The molecular weight excluding hydrogens is 234 g/mol. The average Bonchev–Trinajstić information content (AvgIpc) is 2.85. The van der Waals surface area contributed by atoms with Crippen molar-refractivity contribution in [1.29, 1.82) is 0 Å². The minimum absolute atomic E-state index is 0.0978. The number of fused-ring (bicyclic) bond motifs is 1. The lowest BCUT2D eigenvalue weighted by atomic mass is 10.4. The van der Waals surface area contributed by atoms with Gasteiger partial charge in [-0.1, -0.05) is 6.92 Å². The Morgan fingerprint density at radius 3 is 3.11 bits per heavy atom. The molecule has 0 radical (unpaired) electrons. The Hall–Kier alpha value is -1.89. The third-order valence-corrected chi connectivity index (χ3v) is 2.35. The number of aromatic nitrogens is 4. The minimum atomic E-state index is 0.0978. The topological polar surface area (TPSA) is 96.0 Å². The number of hydrogen-bond donors (Lipinski definition) is 3. The highest BCUT2D eigenvalue weighted by Crippen LogP contribution is 2.22. The van der Waals surface area contributed by atoms with Crippen LogP contribution in [0.4, 0.5) is 5.95 Å². The van der Waals surface area contributed by atoms with Gasteiger partial charge < -0.3 is 15.2 Å². The third kappa shape index (κ3) is 2.86. The molecule has 0 fully saturated rings. The maximum Gasteiger partial charge on any atom is 0.229 e. The molecule has 3 N–H and O–H groups in total. The molecule has 0 amide bonds. The number of aromatic amines is 1. The van der Waals surface area contributed by atoms with Gasteiger partial charge in [0, 0.05) is 19.6 Å². The van der Waals surface area contributed by atoms with Gasteiger partial charge in [-0.25, -0.2) is 0 Å². The van der Waals surface area contributed by atoms with Crippen LogP contribution in [0.3, 0.4) is 0 Å². The van der Waals surface area contributed by atoms with Gasteiger partial charge in [-0.3, -0.25) is 5.10 Å². The van der Waals surface area contributed by atoms with E-state index in [0.717, 1.165) is 18.4 Å². The van der Waals surface area contributed by atoms with Crippen LogP contribution < -0.4 is 10.1 Å². The van der Waals surface area contributed by atoms with E-state index in [1.807, 2.05) is 0 Å². The van der Waals surface area contributed by atoms with E-state index in [1.54, 1.807) is 6.20 Å². The first-order chi connectivity index (χ1) is 8.85. The second-order valence-corrected chi connectivity index (χ2v) is 3.84. The summed E-state index contributed by atoms with van der Waals surface area (Å²) in [5, 5.41) is 19.3. The van der Waals surface area contributed by atoms with Crippen LogP contribution >= 0.6 is 0 Å². The van der Waals surface area contributed by atoms with Crippen molar-refractivity contribution in [3.05, 3.63) is 6.20 Å². The molecule has 0 spiro atoms. The molecule has 0 unspecified atom stereocenters. The number of nitrogens with zero attached hydrogens (tertiary/aromatic N) is 3. The first kappa shape index (κ1) is 12.6. The predicted octanol–water partition coefficient (Wildman–Crippen LogP) is 0.936. The maximum atomic E-state index is 8.74.